The fourth-order valence-electron chi connectivity index (χ4n) is 2.82. The van der Waals surface area contributed by atoms with Crippen LogP contribution >= 0.6 is 0 Å². The Morgan fingerprint density at radius 2 is 1.93 bits per heavy atom. The highest BCUT2D eigenvalue weighted by atomic mass is 19.1. The van der Waals surface area contributed by atoms with E-state index in [1.165, 1.54) is 6.07 Å². The Hall–Kier alpha value is -3.15. The van der Waals surface area contributed by atoms with Gasteiger partial charge in [0.2, 0.25) is 0 Å². The predicted molar refractivity (Wildman–Crippen MR) is 106 cm³/mol. The van der Waals surface area contributed by atoms with Crippen LogP contribution in [0.4, 0.5) is 4.39 Å². The molecule has 0 aliphatic carbocycles. The number of halogens is 1. The van der Waals surface area contributed by atoms with Crippen LogP contribution in [-0.2, 0) is 13.1 Å². The van der Waals surface area contributed by atoms with E-state index < -0.39 is 0 Å². The number of nitrogens with one attached hydrogen (secondary N) is 2. The number of hydrogen-bond acceptors (Lipinski definition) is 3. The molecule has 1 aromatic heterocycles. The van der Waals surface area contributed by atoms with E-state index in [4.69, 9.17) is 4.74 Å². The smallest absolute Gasteiger partial charge is 0.191 e. The molecule has 6 heteroatoms. The Balaban J connectivity index is 1.60. The average Bonchev–Trinajstić information content (AvgIpc) is 2.70. The summed E-state index contributed by atoms with van der Waals surface area (Å²) in [5.74, 6) is 0.556. The first-order valence-electron chi connectivity index (χ1n) is 8.89. The van der Waals surface area contributed by atoms with Gasteiger partial charge in [0, 0.05) is 31.7 Å². The van der Waals surface area contributed by atoms with Crippen molar-refractivity contribution in [3.8, 4) is 5.75 Å². The molecule has 1 heterocycles. The van der Waals surface area contributed by atoms with Crippen molar-refractivity contribution >= 4 is 16.9 Å². The molecule has 0 unspecified atom stereocenters. The van der Waals surface area contributed by atoms with E-state index in [1.807, 2.05) is 37.3 Å². The molecule has 2 N–H and O–H groups in total. The normalized spacial score (nSPS) is 11.4. The second-order valence-corrected chi connectivity index (χ2v) is 5.96. The summed E-state index contributed by atoms with van der Waals surface area (Å²) in [6.45, 7) is 3.34. The molecule has 3 aromatic rings. The van der Waals surface area contributed by atoms with Crippen LogP contribution < -0.4 is 15.4 Å². The average molecular weight is 366 g/mol. The Kier molecular flexibility index (Phi) is 6.20. The second-order valence-electron chi connectivity index (χ2n) is 5.96. The van der Waals surface area contributed by atoms with Gasteiger partial charge in [-0.15, -0.1) is 0 Å². The standard InChI is InChI=1S/C21H23FN4O/c1-3-27-20-9-8-15(12-18(20)22)13-25-21(23-2)26-14-16-10-11-24-19-7-5-4-6-17(16)19/h4-12H,3,13-14H2,1-2H3,(H2,23,25,26). The summed E-state index contributed by atoms with van der Waals surface area (Å²) in [7, 11) is 1.71. The lowest BCUT2D eigenvalue weighted by molar-refractivity contribution is 0.321. The van der Waals surface area contributed by atoms with Crippen LogP contribution in [0.2, 0.25) is 0 Å². The SMILES string of the molecule is CCOc1ccc(CNC(=NC)NCc2ccnc3ccccc23)cc1F. The fourth-order valence-corrected chi connectivity index (χ4v) is 2.82. The van der Waals surface area contributed by atoms with E-state index in [-0.39, 0.29) is 11.6 Å². The van der Waals surface area contributed by atoms with Crippen LogP contribution in [0.1, 0.15) is 18.1 Å². The van der Waals surface area contributed by atoms with Crippen molar-refractivity contribution in [3.63, 3.8) is 0 Å². The molecule has 27 heavy (non-hydrogen) atoms. The first-order chi connectivity index (χ1) is 13.2. The lowest BCUT2D eigenvalue weighted by Crippen LogP contribution is -2.36. The second kappa shape index (κ2) is 8.98. The maximum atomic E-state index is 14.0. The maximum absolute atomic E-state index is 14.0. The third-order valence-corrected chi connectivity index (χ3v) is 4.17. The van der Waals surface area contributed by atoms with Crippen LogP contribution in [0.25, 0.3) is 10.9 Å². The predicted octanol–water partition coefficient (Wildman–Crippen LogP) is 3.64. The van der Waals surface area contributed by atoms with Gasteiger partial charge in [0.1, 0.15) is 0 Å². The van der Waals surface area contributed by atoms with E-state index in [1.54, 1.807) is 19.3 Å². The molecule has 0 bridgehead atoms. The van der Waals surface area contributed by atoms with Gasteiger partial charge >= 0.3 is 0 Å². The van der Waals surface area contributed by atoms with Crippen LogP contribution in [0.3, 0.4) is 0 Å². The molecule has 0 aliphatic heterocycles. The number of nitrogens with zero attached hydrogens (tertiary/aromatic N) is 2. The summed E-state index contributed by atoms with van der Waals surface area (Å²) in [4.78, 5) is 8.60. The van der Waals surface area contributed by atoms with Crippen molar-refractivity contribution < 1.29 is 9.13 Å². The van der Waals surface area contributed by atoms with Crippen molar-refractivity contribution in [3.05, 3.63) is 71.7 Å². The topological polar surface area (TPSA) is 58.5 Å². The quantitative estimate of drug-likeness (QED) is 0.517. The van der Waals surface area contributed by atoms with Gasteiger partial charge in [0.15, 0.2) is 17.5 Å². The van der Waals surface area contributed by atoms with Gasteiger partial charge in [0.25, 0.3) is 0 Å². The number of pyridine rings is 1. The summed E-state index contributed by atoms with van der Waals surface area (Å²) in [5, 5.41) is 7.59. The minimum atomic E-state index is -0.359. The third-order valence-electron chi connectivity index (χ3n) is 4.17. The largest absolute Gasteiger partial charge is 0.491 e. The van der Waals surface area contributed by atoms with Gasteiger partial charge in [0.05, 0.1) is 12.1 Å². The number of aliphatic imine (C=N–C) groups is 1. The Morgan fingerprint density at radius 3 is 2.70 bits per heavy atom. The molecule has 0 aliphatic rings. The number of fused-ring (bicyclic) bond motifs is 1. The molecule has 0 atom stereocenters. The van der Waals surface area contributed by atoms with Gasteiger partial charge in [-0.1, -0.05) is 24.3 Å². The monoisotopic (exact) mass is 366 g/mol. The minimum Gasteiger partial charge on any atom is -0.491 e. The van der Waals surface area contributed by atoms with E-state index in [2.05, 4.69) is 26.7 Å². The van der Waals surface area contributed by atoms with Crippen LogP contribution in [0, 0.1) is 5.82 Å². The highest BCUT2D eigenvalue weighted by Crippen LogP contribution is 2.18. The lowest BCUT2D eigenvalue weighted by atomic mass is 10.1. The minimum absolute atomic E-state index is 0.272. The highest BCUT2D eigenvalue weighted by Gasteiger charge is 2.06. The molecule has 0 saturated heterocycles. The molecule has 0 spiro atoms. The zero-order valence-electron chi connectivity index (χ0n) is 15.5. The summed E-state index contributed by atoms with van der Waals surface area (Å²) in [6, 6.07) is 15.0. The van der Waals surface area contributed by atoms with Crippen molar-refractivity contribution in [1.29, 1.82) is 0 Å². The summed E-state index contributed by atoms with van der Waals surface area (Å²) < 4.78 is 19.2. The number of hydrogen-bond donors (Lipinski definition) is 2. The molecule has 3 rings (SSSR count). The summed E-state index contributed by atoms with van der Waals surface area (Å²) in [5.41, 5.74) is 2.91. The van der Waals surface area contributed by atoms with E-state index in [9.17, 15) is 4.39 Å². The fraction of sp³-hybridized carbons (Fsp3) is 0.238. The van der Waals surface area contributed by atoms with E-state index >= 15 is 0 Å². The van der Waals surface area contributed by atoms with Gasteiger partial charge in [-0.25, -0.2) is 4.39 Å². The van der Waals surface area contributed by atoms with Crippen molar-refractivity contribution in [2.45, 2.75) is 20.0 Å². The number of guanidine groups is 1. The highest BCUT2D eigenvalue weighted by molar-refractivity contribution is 5.83. The zero-order valence-corrected chi connectivity index (χ0v) is 15.5. The van der Waals surface area contributed by atoms with E-state index in [0.717, 1.165) is 22.0 Å². The van der Waals surface area contributed by atoms with Crippen molar-refractivity contribution in [1.82, 2.24) is 15.6 Å². The van der Waals surface area contributed by atoms with Crippen molar-refractivity contribution in [2.75, 3.05) is 13.7 Å². The Bertz CT molecular complexity index is 937. The van der Waals surface area contributed by atoms with Crippen molar-refractivity contribution in [2.24, 2.45) is 4.99 Å². The molecular weight excluding hydrogens is 343 g/mol. The lowest BCUT2D eigenvalue weighted by Gasteiger charge is -2.13. The zero-order chi connectivity index (χ0) is 19.1. The maximum Gasteiger partial charge on any atom is 0.191 e. The van der Waals surface area contributed by atoms with Crippen LogP contribution in [0.5, 0.6) is 5.75 Å². The van der Waals surface area contributed by atoms with Crippen LogP contribution in [0.15, 0.2) is 59.7 Å². The molecular formula is C21H23FN4O. The summed E-state index contributed by atoms with van der Waals surface area (Å²) >= 11 is 0. The molecule has 0 radical (unpaired) electrons. The molecule has 0 saturated carbocycles. The van der Waals surface area contributed by atoms with Gasteiger partial charge in [-0.2, -0.15) is 0 Å². The number of rotatable bonds is 6. The van der Waals surface area contributed by atoms with Crippen LogP contribution in [-0.4, -0.2) is 24.6 Å². The van der Waals surface area contributed by atoms with Gasteiger partial charge < -0.3 is 15.4 Å². The molecule has 0 fully saturated rings. The summed E-state index contributed by atoms with van der Waals surface area (Å²) in [6.07, 6.45) is 1.80. The number of ether oxygens (including phenoxy) is 1. The Labute approximate surface area is 158 Å². The molecule has 140 valence electrons. The number of para-hydroxylation sites is 1. The first-order valence-corrected chi connectivity index (χ1v) is 8.89. The molecule has 0 amide bonds. The van der Waals surface area contributed by atoms with E-state index in [0.29, 0.717) is 25.7 Å². The van der Waals surface area contributed by atoms with Gasteiger partial charge in [-0.05, 0) is 42.3 Å². The molecule has 2 aromatic carbocycles. The third kappa shape index (κ3) is 4.73. The van der Waals surface area contributed by atoms with Gasteiger partial charge in [-0.3, -0.25) is 9.98 Å². The first kappa shape index (κ1) is 18.6. The number of benzene rings is 2. The Morgan fingerprint density at radius 1 is 1.11 bits per heavy atom. The molecule has 5 nitrogen and oxygen atoms in total. The number of aromatic nitrogens is 1.